The fourth-order valence-electron chi connectivity index (χ4n) is 3.23. The number of benzene rings is 1. The molecule has 1 atom stereocenters. The minimum Gasteiger partial charge on any atom is -0.396 e. The summed E-state index contributed by atoms with van der Waals surface area (Å²) in [6.45, 7) is 4.18. The van der Waals surface area contributed by atoms with Crippen LogP contribution in [-0.4, -0.2) is 32.2 Å². The quantitative estimate of drug-likeness (QED) is 0.733. The summed E-state index contributed by atoms with van der Waals surface area (Å²) in [6, 6.07) is 9.86. The van der Waals surface area contributed by atoms with E-state index in [1.165, 1.54) is 4.88 Å². The predicted molar refractivity (Wildman–Crippen MR) is 105 cm³/mol. The van der Waals surface area contributed by atoms with Gasteiger partial charge in [-0.3, -0.25) is 9.56 Å². The lowest BCUT2D eigenvalue weighted by Crippen LogP contribution is -2.05. The Kier molecular flexibility index (Phi) is 4.65. The van der Waals surface area contributed by atoms with Gasteiger partial charge in [0.15, 0.2) is 5.82 Å². The number of thiophene rings is 1. The van der Waals surface area contributed by atoms with Crippen LogP contribution in [0, 0.1) is 6.92 Å². The van der Waals surface area contributed by atoms with Gasteiger partial charge in [-0.2, -0.15) is 0 Å². The van der Waals surface area contributed by atoms with Crippen molar-refractivity contribution in [2.24, 2.45) is 4.99 Å². The van der Waals surface area contributed by atoms with Gasteiger partial charge in [0.1, 0.15) is 16.9 Å². The van der Waals surface area contributed by atoms with E-state index < -0.39 is 0 Å². The first-order valence-electron chi connectivity index (χ1n) is 8.58. The van der Waals surface area contributed by atoms with Gasteiger partial charge in [0.05, 0.1) is 5.71 Å². The molecule has 0 bridgehead atoms. The summed E-state index contributed by atoms with van der Waals surface area (Å²) in [5.74, 6) is 1.70. The Morgan fingerprint density at radius 3 is 2.88 bits per heavy atom. The lowest BCUT2D eigenvalue weighted by molar-refractivity contribution is 0.289. The van der Waals surface area contributed by atoms with E-state index in [1.54, 1.807) is 11.3 Å². The van der Waals surface area contributed by atoms with Crippen LogP contribution in [-0.2, 0) is 6.42 Å². The molecular formula is C19H19ClN4OS. The molecule has 1 aromatic carbocycles. The normalized spacial score (nSPS) is 16.0. The molecule has 1 N–H and O–H groups in total. The fraction of sp³-hybridized carbons (Fsp3) is 0.316. The second-order valence-corrected chi connectivity index (χ2v) is 7.92. The number of aryl methyl sites for hydroxylation is 2. The molecule has 4 rings (SSSR count). The van der Waals surface area contributed by atoms with E-state index in [0.29, 0.717) is 5.02 Å². The molecular weight excluding hydrogens is 368 g/mol. The number of aliphatic hydroxyl groups is 1. The Morgan fingerprint density at radius 2 is 2.12 bits per heavy atom. The first-order valence-corrected chi connectivity index (χ1v) is 9.78. The van der Waals surface area contributed by atoms with Crippen molar-refractivity contribution in [3.8, 4) is 5.00 Å². The van der Waals surface area contributed by atoms with Gasteiger partial charge in [-0.15, -0.1) is 21.5 Å². The number of aromatic nitrogens is 3. The summed E-state index contributed by atoms with van der Waals surface area (Å²) in [5, 5.41) is 19.6. The number of nitrogens with zero attached hydrogens (tertiary/aromatic N) is 4. The summed E-state index contributed by atoms with van der Waals surface area (Å²) in [4.78, 5) is 6.18. The third kappa shape index (κ3) is 2.98. The SMILES string of the molecule is Cc1nnc2n1-c1sc(CCCO)cc1C(c1cccc(Cl)c1)=NC2C. The average molecular weight is 387 g/mol. The van der Waals surface area contributed by atoms with Crippen molar-refractivity contribution in [3.63, 3.8) is 0 Å². The zero-order chi connectivity index (χ0) is 18.3. The van der Waals surface area contributed by atoms with Crippen molar-refractivity contribution in [3.05, 3.63) is 63.0 Å². The smallest absolute Gasteiger partial charge is 0.162 e. The number of fused-ring (bicyclic) bond motifs is 3. The molecule has 1 unspecified atom stereocenters. The molecule has 0 saturated carbocycles. The fourth-order valence-corrected chi connectivity index (χ4v) is 4.67. The topological polar surface area (TPSA) is 63.3 Å². The van der Waals surface area contributed by atoms with Gasteiger partial charge >= 0.3 is 0 Å². The first kappa shape index (κ1) is 17.4. The number of hydrogen-bond donors (Lipinski definition) is 1. The lowest BCUT2D eigenvalue weighted by atomic mass is 10.0. The molecule has 0 amide bonds. The van der Waals surface area contributed by atoms with Crippen molar-refractivity contribution in [1.82, 2.24) is 14.8 Å². The van der Waals surface area contributed by atoms with Crippen LogP contribution in [0.4, 0.5) is 0 Å². The molecule has 1 aliphatic heterocycles. The van der Waals surface area contributed by atoms with Crippen LogP contribution in [0.5, 0.6) is 0 Å². The number of rotatable bonds is 4. The Morgan fingerprint density at radius 1 is 1.27 bits per heavy atom. The van der Waals surface area contributed by atoms with Crippen LogP contribution >= 0.6 is 22.9 Å². The maximum absolute atomic E-state index is 9.18. The molecule has 0 saturated heterocycles. The highest BCUT2D eigenvalue weighted by atomic mass is 35.5. The summed E-state index contributed by atoms with van der Waals surface area (Å²) in [6.07, 6.45) is 1.58. The van der Waals surface area contributed by atoms with Crippen molar-refractivity contribution in [2.75, 3.05) is 6.61 Å². The Bertz CT molecular complexity index is 991. The van der Waals surface area contributed by atoms with Crippen LogP contribution in [0.1, 0.15) is 47.0 Å². The minimum atomic E-state index is -0.106. The second kappa shape index (κ2) is 6.95. The highest BCUT2D eigenvalue weighted by molar-refractivity contribution is 7.15. The minimum absolute atomic E-state index is 0.106. The molecule has 0 spiro atoms. The Labute approximate surface area is 161 Å². The van der Waals surface area contributed by atoms with Crippen molar-refractivity contribution < 1.29 is 5.11 Å². The van der Waals surface area contributed by atoms with E-state index in [0.717, 1.165) is 46.3 Å². The van der Waals surface area contributed by atoms with E-state index in [9.17, 15) is 5.11 Å². The van der Waals surface area contributed by atoms with Gasteiger partial charge in [0.2, 0.25) is 0 Å². The molecule has 0 fully saturated rings. The molecule has 7 heteroatoms. The highest BCUT2D eigenvalue weighted by Crippen LogP contribution is 2.36. The molecule has 0 aliphatic carbocycles. The van der Waals surface area contributed by atoms with Gasteiger partial charge in [0, 0.05) is 27.6 Å². The summed E-state index contributed by atoms with van der Waals surface area (Å²) < 4.78 is 2.11. The highest BCUT2D eigenvalue weighted by Gasteiger charge is 2.27. The first-order chi connectivity index (χ1) is 12.6. The molecule has 2 aromatic heterocycles. The standard InChI is InChI=1S/C19H19ClN4OS/c1-11-18-23-22-12(2)24(18)19-16(10-15(26-19)7-4-8-25)17(21-11)13-5-3-6-14(20)9-13/h3,5-6,9-11,25H,4,7-8H2,1-2H3. The molecule has 26 heavy (non-hydrogen) atoms. The molecule has 0 radical (unpaired) electrons. The molecule has 5 nitrogen and oxygen atoms in total. The van der Waals surface area contributed by atoms with Crippen LogP contribution in [0.3, 0.4) is 0 Å². The Balaban J connectivity index is 1.93. The summed E-state index contributed by atoms with van der Waals surface area (Å²) >= 11 is 7.94. The number of hydrogen-bond acceptors (Lipinski definition) is 5. The number of aliphatic imine (C=N–C) groups is 1. The largest absolute Gasteiger partial charge is 0.396 e. The third-order valence-corrected chi connectivity index (χ3v) is 5.86. The van der Waals surface area contributed by atoms with Gasteiger partial charge in [-0.25, -0.2) is 0 Å². The van der Waals surface area contributed by atoms with E-state index >= 15 is 0 Å². The maximum Gasteiger partial charge on any atom is 0.162 e. The maximum atomic E-state index is 9.18. The number of halogens is 1. The van der Waals surface area contributed by atoms with Crippen LogP contribution in [0.2, 0.25) is 5.02 Å². The molecule has 134 valence electrons. The van der Waals surface area contributed by atoms with Gasteiger partial charge in [-0.1, -0.05) is 23.7 Å². The van der Waals surface area contributed by atoms with Crippen molar-refractivity contribution in [1.29, 1.82) is 0 Å². The summed E-state index contributed by atoms with van der Waals surface area (Å²) in [7, 11) is 0. The third-order valence-electron chi connectivity index (χ3n) is 4.45. The van der Waals surface area contributed by atoms with E-state index in [1.807, 2.05) is 38.1 Å². The second-order valence-electron chi connectivity index (χ2n) is 6.36. The van der Waals surface area contributed by atoms with Crippen LogP contribution in [0.15, 0.2) is 35.3 Å². The van der Waals surface area contributed by atoms with Crippen molar-refractivity contribution >= 4 is 28.6 Å². The number of aliphatic hydroxyl groups excluding tert-OH is 1. The summed E-state index contributed by atoms with van der Waals surface area (Å²) in [5.41, 5.74) is 2.98. The van der Waals surface area contributed by atoms with E-state index in [2.05, 4.69) is 20.8 Å². The molecule has 3 heterocycles. The van der Waals surface area contributed by atoms with Crippen LogP contribution in [0.25, 0.3) is 5.00 Å². The van der Waals surface area contributed by atoms with Crippen molar-refractivity contribution in [2.45, 2.75) is 32.7 Å². The lowest BCUT2D eigenvalue weighted by Gasteiger charge is -2.07. The van der Waals surface area contributed by atoms with Gasteiger partial charge < -0.3 is 5.11 Å². The Hall–Kier alpha value is -2.02. The zero-order valence-corrected chi connectivity index (χ0v) is 16.2. The van der Waals surface area contributed by atoms with Gasteiger partial charge in [0.25, 0.3) is 0 Å². The van der Waals surface area contributed by atoms with E-state index in [4.69, 9.17) is 16.6 Å². The predicted octanol–water partition coefficient (Wildman–Crippen LogP) is 4.13. The monoisotopic (exact) mass is 386 g/mol. The van der Waals surface area contributed by atoms with E-state index in [-0.39, 0.29) is 12.6 Å². The van der Waals surface area contributed by atoms with Gasteiger partial charge in [-0.05, 0) is 44.9 Å². The molecule has 1 aliphatic rings. The van der Waals surface area contributed by atoms with Crippen LogP contribution < -0.4 is 0 Å². The zero-order valence-electron chi connectivity index (χ0n) is 14.6. The molecule has 3 aromatic rings. The average Bonchev–Trinajstić information content (AvgIpc) is 3.18.